The van der Waals surface area contributed by atoms with Gasteiger partial charge in [0.05, 0.1) is 24.2 Å². The molecule has 1 fully saturated rings. The molecule has 10 nitrogen and oxygen atoms in total. The van der Waals surface area contributed by atoms with Gasteiger partial charge in [0.1, 0.15) is 11.7 Å². The van der Waals surface area contributed by atoms with Crippen molar-refractivity contribution in [2.45, 2.75) is 24.9 Å². The summed E-state index contributed by atoms with van der Waals surface area (Å²) in [4.78, 5) is 8.51. The third-order valence-corrected chi connectivity index (χ3v) is 5.98. The van der Waals surface area contributed by atoms with E-state index in [1.165, 1.54) is 6.08 Å². The molecule has 0 spiro atoms. The molecule has 6 N–H and O–H groups in total. The van der Waals surface area contributed by atoms with E-state index in [1.807, 2.05) is 0 Å². The average Bonchev–Trinajstić information content (AvgIpc) is 3.30. The van der Waals surface area contributed by atoms with Gasteiger partial charge in [0.15, 0.2) is 5.65 Å². The normalized spacial score (nSPS) is 22.2. The highest BCUT2D eigenvalue weighted by atomic mass is 32.2. The van der Waals surface area contributed by atoms with E-state index in [-0.39, 0.29) is 13.0 Å². The maximum Gasteiger partial charge on any atom is 0.233 e. The summed E-state index contributed by atoms with van der Waals surface area (Å²) in [7, 11) is -3.74. The largest absolute Gasteiger partial charge is 0.398 e. The molecule has 0 aliphatic carbocycles. The van der Waals surface area contributed by atoms with Crippen LogP contribution in [-0.2, 0) is 14.8 Å². The number of nitrogen functional groups attached to an aromatic ring is 2. The van der Waals surface area contributed by atoms with Gasteiger partial charge in [-0.25, -0.2) is 23.1 Å². The number of nitrogens with one attached hydrogen (secondary N) is 1. The molecule has 0 bridgehead atoms. The lowest BCUT2D eigenvalue weighted by molar-refractivity contribution is -0.0132. The quantitative estimate of drug-likeness (QED) is 0.419. The summed E-state index contributed by atoms with van der Waals surface area (Å²) in [5, 5.41) is 11.4. The van der Waals surface area contributed by atoms with Crippen molar-refractivity contribution in [1.29, 1.82) is 0 Å². The molecule has 0 saturated carbocycles. The van der Waals surface area contributed by atoms with Gasteiger partial charge >= 0.3 is 0 Å². The minimum Gasteiger partial charge on any atom is -0.398 e. The Morgan fingerprint density at radius 1 is 1.23 bits per heavy atom. The zero-order chi connectivity index (χ0) is 21.3. The van der Waals surface area contributed by atoms with Gasteiger partial charge in [-0.2, -0.15) is 0 Å². The number of nitrogens with zero attached hydrogens (tertiary/aromatic N) is 3. The molecule has 2 aromatic heterocycles. The number of hydrogen-bond acceptors (Lipinski definition) is 8. The third kappa shape index (κ3) is 4.14. The lowest BCUT2D eigenvalue weighted by atomic mass is 10.2. The first-order valence-electron chi connectivity index (χ1n) is 9.27. The number of aliphatic hydroxyl groups is 1. The van der Waals surface area contributed by atoms with Crippen LogP contribution in [0.25, 0.3) is 17.2 Å². The molecule has 1 saturated heterocycles. The number of fused-ring (bicyclic) bond motifs is 1. The zero-order valence-corrected chi connectivity index (χ0v) is 16.7. The summed E-state index contributed by atoms with van der Waals surface area (Å²) < 4.78 is 34.6. The van der Waals surface area contributed by atoms with E-state index < -0.39 is 28.5 Å². The van der Waals surface area contributed by atoms with Crippen molar-refractivity contribution in [2.75, 3.05) is 18.0 Å². The van der Waals surface area contributed by atoms with E-state index in [4.69, 9.17) is 16.2 Å². The Hall–Kier alpha value is -2.99. The lowest BCUT2D eigenvalue weighted by Gasteiger charge is -2.16. The Morgan fingerprint density at radius 2 is 2.03 bits per heavy atom. The number of ether oxygens (including phenoxy) is 1. The Balaban J connectivity index is 1.42. The van der Waals surface area contributed by atoms with E-state index in [0.29, 0.717) is 28.1 Å². The van der Waals surface area contributed by atoms with Crippen LogP contribution in [0.5, 0.6) is 0 Å². The Kier molecular flexibility index (Phi) is 5.43. The fourth-order valence-electron chi connectivity index (χ4n) is 3.31. The van der Waals surface area contributed by atoms with Gasteiger partial charge in [-0.15, -0.1) is 0 Å². The van der Waals surface area contributed by atoms with Crippen LogP contribution in [-0.4, -0.2) is 46.8 Å². The number of benzene rings is 1. The number of hydrogen-bond donors (Lipinski definition) is 4. The number of anilines is 2. The molecule has 3 heterocycles. The van der Waals surface area contributed by atoms with Crippen LogP contribution in [0.2, 0.25) is 0 Å². The van der Waals surface area contributed by atoms with Crippen LogP contribution >= 0.6 is 0 Å². The van der Waals surface area contributed by atoms with Crippen molar-refractivity contribution >= 4 is 38.6 Å². The van der Waals surface area contributed by atoms with E-state index >= 15 is 0 Å². The van der Waals surface area contributed by atoms with Gasteiger partial charge in [0.2, 0.25) is 10.0 Å². The molecule has 158 valence electrons. The van der Waals surface area contributed by atoms with Crippen molar-refractivity contribution in [2.24, 2.45) is 0 Å². The number of aliphatic hydroxyl groups excluding tert-OH is 1. The Labute approximate surface area is 173 Å². The molecular weight excluding hydrogens is 408 g/mol. The molecular formula is C19H22N6O4S. The number of imidazole rings is 1. The lowest BCUT2D eigenvalue weighted by Crippen LogP contribution is -2.36. The SMILES string of the molecule is Nc1ccccc1/C=C/S(=O)(=O)NC[C@H]1O[C@@H](n2cnc3c(N)ccnc32)C[C@@H]1O. The molecule has 4 rings (SSSR count). The fraction of sp³-hybridized carbons (Fsp3) is 0.263. The number of nitrogens with two attached hydrogens (primary N) is 2. The Bertz CT molecular complexity index is 1190. The van der Waals surface area contributed by atoms with Crippen LogP contribution in [0.1, 0.15) is 18.2 Å². The van der Waals surface area contributed by atoms with Gasteiger partial charge in [0, 0.05) is 30.3 Å². The zero-order valence-electron chi connectivity index (χ0n) is 15.9. The van der Waals surface area contributed by atoms with Crippen molar-refractivity contribution in [3.05, 3.63) is 53.8 Å². The molecule has 3 atom stereocenters. The third-order valence-electron chi connectivity index (χ3n) is 4.91. The fourth-order valence-corrected chi connectivity index (χ4v) is 4.12. The summed E-state index contributed by atoms with van der Waals surface area (Å²) in [6, 6.07) is 8.58. The topological polar surface area (TPSA) is 158 Å². The van der Waals surface area contributed by atoms with Crippen molar-refractivity contribution in [3.8, 4) is 0 Å². The highest BCUT2D eigenvalue weighted by Gasteiger charge is 2.36. The minimum atomic E-state index is -3.74. The average molecular weight is 430 g/mol. The highest BCUT2D eigenvalue weighted by molar-refractivity contribution is 7.92. The summed E-state index contributed by atoms with van der Waals surface area (Å²) in [5.74, 6) is 0. The Morgan fingerprint density at radius 3 is 2.83 bits per heavy atom. The van der Waals surface area contributed by atoms with E-state index in [0.717, 1.165) is 5.41 Å². The standard InChI is InChI=1S/C19H22N6O4S/c20-13-4-2-1-3-12(13)6-8-30(27,28)24-10-16-15(26)9-17(29-16)25-11-23-18-14(21)5-7-22-19(18)25/h1-8,11,15-17,24,26H,9-10,20H2,(H2,21,22)/b8-6+/t15-,16+,17+/m0/s1. The second kappa shape index (κ2) is 8.03. The summed E-state index contributed by atoms with van der Waals surface area (Å²) in [6.07, 6.45) is 2.69. The van der Waals surface area contributed by atoms with Crippen molar-refractivity contribution in [1.82, 2.24) is 19.3 Å². The molecule has 0 unspecified atom stereocenters. The van der Waals surface area contributed by atoms with Gasteiger partial charge in [-0.05, 0) is 23.8 Å². The van der Waals surface area contributed by atoms with Gasteiger partial charge in [0.25, 0.3) is 0 Å². The van der Waals surface area contributed by atoms with Crippen LogP contribution in [0.15, 0.2) is 48.3 Å². The molecule has 30 heavy (non-hydrogen) atoms. The highest BCUT2D eigenvalue weighted by Crippen LogP contribution is 2.31. The van der Waals surface area contributed by atoms with Crippen LogP contribution in [0.4, 0.5) is 11.4 Å². The van der Waals surface area contributed by atoms with Gasteiger partial charge in [-0.1, -0.05) is 18.2 Å². The number of rotatable bonds is 6. The maximum absolute atomic E-state index is 12.3. The van der Waals surface area contributed by atoms with Gasteiger partial charge < -0.3 is 21.3 Å². The van der Waals surface area contributed by atoms with Crippen LogP contribution in [0.3, 0.4) is 0 Å². The van der Waals surface area contributed by atoms with E-state index in [9.17, 15) is 13.5 Å². The molecule has 11 heteroatoms. The summed E-state index contributed by atoms with van der Waals surface area (Å²) >= 11 is 0. The first-order valence-corrected chi connectivity index (χ1v) is 10.8. The predicted octanol–water partition coefficient (Wildman–Crippen LogP) is 0.834. The summed E-state index contributed by atoms with van der Waals surface area (Å²) in [5.41, 5.74) is 14.4. The van der Waals surface area contributed by atoms with Crippen molar-refractivity contribution < 1.29 is 18.3 Å². The molecule has 0 amide bonds. The smallest absolute Gasteiger partial charge is 0.233 e. The predicted molar refractivity (Wildman–Crippen MR) is 113 cm³/mol. The minimum absolute atomic E-state index is 0.0865. The molecule has 1 aromatic carbocycles. The van der Waals surface area contributed by atoms with Crippen LogP contribution in [0, 0.1) is 0 Å². The second-order valence-electron chi connectivity index (χ2n) is 6.98. The van der Waals surface area contributed by atoms with Gasteiger partial charge in [-0.3, -0.25) is 4.57 Å². The summed E-state index contributed by atoms with van der Waals surface area (Å²) in [6.45, 7) is -0.0865. The first kappa shape index (κ1) is 20.3. The van der Waals surface area contributed by atoms with Crippen molar-refractivity contribution in [3.63, 3.8) is 0 Å². The number of para-hydroxylation sites is 1. The van der Waals surface area contributed by atoms with E-state index in [1.54, 1.807) is 47.4 Å². The first-order chi connectivity index (χ1) is 14.3. The molecule has 0 radical (unpaired) electrons. The maximum atomic E-state index is 12.3. The molecule has 1 aliphatic heterocycles. The number of aromatic nitrogens is 3. The van der Waals surface area contributed by atoms with Crippen LogP contribution < -0.4 is 16.2 Å². The molecule has 1 aliphatic rings. The second-order valence-corrected chi connectivity index (χ2v) is 8.63. The molecule has 3 aromatic rings. The number of pyridine rings is 1. The monoisotopic (exact) mass is 430 g/mol. The number of sulfonamides is 1. The van der Waals surface area contributed by atoms with E-state index in [2.05, 4.69) is 14.7 Å².